The first-order chi connectivity index (χ1) is 7.53. The summed E-state index contributed by atoms with van der Waals surface area (Å²) in [7, 11) is 0. The highest BCUT2D eigenvalue weighted by Crippen LogP contribution is 2.37. The second-order valence-corrected chi connectivity index (χ2v) is 4.17. The molecule has 0 radical (unpaired) electrons. The van der Waals surface area contributed by atoms with Gasteiger partial charge in [0.25, 0.3) is 0 Å². The topological polar surface area (TPSA) is 37.3 Å². The first kappa shape index (κ1) is 11.2. The summed E-state index contributed by atoms with van der Waals surface area (Å²) in [5.41, 5.74) is -1.44. The summed E-state index contributed by atoms with van der Waals surface area (Å²) in [6.45, 7) is 0. The van der Waals surface area contributed by atoms with E-state index in [1.807, 2.05) is 0 Å². The summed E-state index contributed by atoms with van der Waals surface area (Å²) in [6, 6.07) is 3.74. The Labute approximate surface area is 91.9 Å². The molecule has 0 heterocycles. The van der Waals surface area contributed by atoms with Crippen molar-refractivity contribution >= 4 is 5.78 Å². The van der Waals surface area contributed by atoms with Crippen molar-refractivity contribution in [1.82, 2.24) is 0 Å². The zero-order valence-corrected chi connectivity index (χ0v) is 8.67. The lowest BCUT2D eigenvalue weighted by atomic mass is 9.79. The van der Waals surface area contributed by atoms with E-state index in [4.69, 9.17) is 0 Å². The Kier molecular flexibility index (Phi) is 2.76. The molecule has 0 spiro atoms. The second kappa shape index (κ2) is 3.94. The van der Waals surface area contributed by atoms with Crippen molar-refractivity contribution in [2.24, 2.45) is 0 Å². The maximum Gasteiger partial charge on any atom is 0.164 e. The second-order valence-electron chi connectivity index (χ2n) is 4.17. The Morgan fingerprint density at radius 3 is 2.44 bits per heavy atom. The van der Waals surface area contributed by atoms with Crippen LogP contribution in [0.15, 0.2) is 18.2 Å². The lowest BCUT2D eigenvalue weighted by molar-refractivity contribution is -0.125. The maximum atomic E-state index is 13.5. The lowest BCUT2D eigenvalue weighted by Crippen LogP contribution is -2.32. The highest BCUT2D eigenvalue weighted by molar-refractivity contribution is 5.79. The number of hydrogen-bond donors (Lipinski definition) is 1. The molecule has 4 heteroatoms. The van der Waals surface area contributed by atoms with Crippen LogP contribution in [0.25, 0.3) is 0 Å². The van der Waals surface area contributed by atoms with Crippen LogP contribution in [0.1, 0.15) is 31.2 Å². The van der Waals surface area contributed by atoms with Crippen molar-refractivity contribution in [1.29, 1.82) is 0 Å². The van der Waals surface area contributed by atoms with E-state index in [0.29, 0.717) is 0 Å². The number of halogens is 2. The molecule has 0 aliphatic heterocycles. The van der Waals surface area contributed by atoms with Gasteiger partial charge in [0.05, 0.1) is 5.60 Å². The molecule has 1 aromatic carbocycles. The number of benzene rings is 1. The molecule has 1 aromatic rings. The lowest BCUT2D eigenvalue weighted by Gasteiger charge is -2.32. The normalized spacial score (nSPS) is 19.8. The number of ketones is 1. The van der Waals surface area contributed by atoms with Crippen molar-refractivity contribution in [3.8, 4) is 0 Å². The van der Waals surface area contributed by atoms with Gasteiger partial charge in [-0.2, -0.15) is 0 Å². The molecule has 16 heavy (non-hydrogen) atoms. The molecule has 0 unspecified atom stereocenters. The average molecular weight is 226 g/mol. The van der Waals surface area contributed by atoms with Gasteiger partial charge in [-0.1, -0.05) is 12.1 Å². The first-order valence-electron chi connectivity index (χ1n) is 5.21. The average Bonchev–Trinajstić information content (AvgIpc) is 2.27. The van der Waals surface area contributed by atoms with Crippen LogP contribution in [0.5, 0.6) is 0 Å². The number of carbonyl (C=O) groups excluding carboxylic acids is 1. The van der Waals surface area contributed by atoms with Gasteiger partial charge in [0.1, 0.15) is 5.78 Å². The predicted molar refractivity (Wildman–Crippen MR) is 53.7 cm³/mol. The molecular weight excluding hydrogens is 214 g/mol. The molecule has 86 valence electrons. The van der Waals surface area contributed by atoms with E-state index in [1.54, 1.807) is 0 Å². The van der Waals surface area contributed by atoms with E-state index < -0.39 is 17.2 Å². The summed E-state index contributed by atoms with van der Waals surface area (Å²) in [4.78, 5) is 11.1. The Hall–Kier alpha value is -1.29. The Morgan fingerprint density at radius 2 is 1.81 bits per heavy atom. The molecule has 1 fully saturated rings. The van der Waals surface area contributed by atoms with E-state index in [0.717, 1.165) is 6.07 Å². The van der Waals surface area contributed by atoms with Gasteiger partial charge >= 0.3 is 0 Å². The number of rotatable bonds is 1. The quantitative estimate of drug-likeness (QED) is 0.797. The predicted octanol–water partition coefficient (Wildman–Crippen LogP) is 2.30. The molecule has 1 N–H and O–H groups in total. The number of carbonyl (C=O) groups is 1. The van der Waals surface area contributed by atoms with Crippen molar-refractivity contribution in [2.45, 2.75) is 31.3 Å². The van der Waals surface area contributed by atoms with Crippen LogP contribution >= 0.6 is 0 Å². The Bertz CT molecular complexity index is 419. The van der Waals surface area contributed by atoms with Crippen LogP contribution in [0.3, 0.4) is 0 Å². The van der Waals surface area contributed by atoms with E-state index in [2.05, 4.69) is 0 Å². The molecule has 0 atom stereocenters. The van der Waals surface area contributed by atoms with Crippen LogP contribution in [0, 0.1) is 11.6 Å². The van der Waals surface area contributed by atoms with E-state index >= 15 is 0 Å². The number of Topliss-reactive ketones (excluding diaryl/α,β-unsaturated/α-hetero) is 1. The van der Waals surface area contributed by atoms with Gasteiger partial charge in [-0.15, -0.1) is 0 Å². The standard InChI is InChI=1S/C12H12F2O2/c13-10-3-1-2-9(11(10)14)12(16)6-4-8(15)5-7-12/h1-3,16H,4-7H2. The monoisotopic (exact) mass is 226 g/mol. The van der Waals surface area contributed by atoms with Crippen LogP contribution < -0.4 is 0 Å². The van der Waals surface area contributed by atoms with Gasteiger partial charge in [-0.3, -0.25) is 4.79 Å². The fraction of sp³-hybridized carbons (Fsp3) is 0.417. The molecule has 1 saturated carbocycles. The van der Waals surface area contributed by atoms with Gasteiger partial charge in [-0.05, 0) is 18.9 Å². The van der Waals surface area contributed by atoms with E-state index in [1.165, 1.54) is 12.1 Å². The molecule has 1 aliphatic carbocycles. The van der Waals surface area contributed by atoms with Gasteiger partial charge < -0.3 is 5.11 Å². The largest absolute Gasteiger partial charge is 0.385 e. The third kappa shape index (κ3) is 1.85. The van der Waals surface area contributed by atoms with Crippen LogP contribution in [0.4, 0.5) is 8.78 Å². The fourth-order valence-corrected chi connectivity index (χ4v) is 2.07. The molecule has 0 amide bonds. The summed E-state index contributed by atoms with van der Waals surface area (Å²) >= 11 is 0. The van der Waals surface area contributed by atoms with Gasteiger partial charge in [-0.25, -0.2) is 8.78 Å². The van der Waals surface area contributed by atoms with Gasteiger partial charge in [0.2, 0.25) is 0 Å². The van der Waals surface area contributed by atoms with Gasteiger partial charge in [0, 0.05) is 18.4 Å². The molecule has 2 nitrogen and oxygen atoms in total. The zero-order chi connectivity index (χ0) is 11.8. The Balaban J connectivity index is 2.36. The third-order valence-electron chi connectivity index (χ3n) is 3.09. The highest BCUT2D eigenvalue weighted by Gasteiger charge is 2.36. The third-order valence-corrected chi connectivity index (χ3v) is 3.09. The summed E-state index contributed by atoms with van der Waals surface area (Å²) in [5.74, 6) is -1.93. The SMILES string of the molecule is O=C1CCC(O)(c2cccc(F)c2F)CC1. The van der Waals surface area contributed by atoms with Crippen molar-refractivity contribution in [3.05, 3.63) is 35.4 Å². The molecule has 0 bridgehead atoms. The van der Waals surface area contributed by atoms with Crippen molar-refractivity contribution in [3.63, 3.8) is 0 Å². The zero-order valence-electron chi connectivity index (χ0n) is 8.67. The molecule has 2 rings (SSSR count). The van der Waals surface area contributed by atoms with Gasteiger partial charge in [0.15, 0.2) is 11.6 Å². The molecule has 0 aromatic heterocycles. The minimum atomic E-state index is -1.40. The number of aliphatic hydroxyl groups is 1. The van der Waals surface area contributed by atoms with E-state index in [-0.39, 0.29) is 37.0 Å². The Morgan fingerprint density at radius 1 is 1.19 bits per heavy atom. The van der Waals surface area contributed by atoms with Crippen molar-refractivity contribution in [2.75, 3.05) is 0 Å². The van der Waals surface area contributed by atoms with Crippen molar-refractivity contribution < 1.29 is 18.7 Å². The smallest absolute Gasteiger partial charge is 0.164 e. The number of hydrogen-bond acceptors (Lipinski definition) is 2. The first-order valence-corrected chi connectivity index (χ1v) is 5.21. The summed E-state index contributed by atoms with van der Waals surface area (Å²) in [5, 5.41) is 10.2. The molecule has 1 aliphatic rings. The van der Waals surface area contributed by atoms with Crippen LogP contribution in [-0.2, 0) is 10.4 Å². The molecular formula is C12H12F2O2. The minimum Gasteiger partial charge on any atom is -0.385 e. The van der Waals surface area contributed by atoms with E-state index in [9.17, 15) is 18.7 Å². The summed E-state index contributed by atoms with van der Waals surface area (Å²) in [6.07, 6.45) is 0.747. The fourth-order valence-electron chi connectivity index (χ4n) is 2.07. The van der Waals surface area contributed by atoms with Crippen LogP contribution in [-0.4, -0.2) is 10.9 Å². The highest BCUT2D eigenvalue weighted by atomic mass is 19.2. The molecule has 0 saturated heterocycles. The maximum absolute atomic E-state index is 13.5. The minimum absolute atomic E-state index is 0.0417. The summed E-state index contributed by atoms with van der Waals surface area (Å²) < 4.78 is 26.5. The van der Waals surface area contributed by atoms with Crippen LogP contribution in [0.2, 0.25) is 0 Å².